The number of nitrogens with one attached hydrogen (secondary N) is 2. The van der Waals surface area contributed by atoms with Crippen molar-refractivity contribution in [3.8, 4) is 0 Å². The maximum absolute atomic E-state index is 11.1. The summed E-state index contributed by atoms with van der Waals surface area (Å²) in [6.45, 7) is 0. The summed E-state index contributed by atoms with van der Waals surface area (Å²) in [4.78, 5) is 21.5. The summed E-state index contributed by atoms with van der Waals surface area (Å²) in [5.74, 6) is 0.236. The van der Waals surface area contributed by atoms with Gasteiger partial charge in [-0.15, -0.1) is 50.9 Å². The number of fused-ring (bicyclic) bond motifs is 1. The zero-order valence-corrected chi connectivity index (χ0v) is 16.1. The second kappa shape index (κ2) is 10.3. The Morgan fingerprint density at radius 1 is 1.26 bits per heavy atom. The van der Waals surface area contributed by atoms with Crippen molar-refractivity contribution in [2.24, 2.45) is 0 Å². The minimum Gasteiger partial charge on any atom is -0.481 e. The van der Waals surface area contributed by atoms with E-state index in [1.54, 1.807) is 0 Å². The fourth-order valence-electron chi connectivity index (χ4n) is 2.26. The highest BCUT2D eigenvalue weighted by Gasteiger charge is 2.42. The standard InChI is InChI=1S/C10H16N2O3S.3BrH/c13-8(14)4-2-1-3-7-9-6(5-16-7)11-10(15)12-9;;;/h6-7,9H,1-5H2,(H,13,14)(H2,11,12,15);3*1H/t6-,7-,9-;;;/m0.../s1. The topological polar surface area (TPSA) is 78.4 Å². The van der Waals surface area contributed by atoms with E-state index in [1.807, 2.05) is 11.8 Å². The van der Waals surface area contributed by atoms with Gasteiger partial charge in [0.15, 0.2) is 0 Å². The molecule has 3 atom stereocenters. The van der Waals surface area contributed by atoms with E-state index in [1.165, 1.54) is 0 Å². The maximum atomic E-state index is 11.1. The van der Waals surface area contributed by atoms with E-state index in [9.17, 15) is 9.59 Å². The van der Waals surface area contributed by atoms with Crippen LogP contribution in [0.4, 0.5) is 4.79 Å². The molecule has 0 spiro atoms. The number of carboxylic acid groups (broad SMARTS) is 1. The Balaban J connectivity index is 0. The monoisotopic (exact) mass is 484 g/mol. The van der Waals surface area contributed by atoms with Crippen molar-refractivity contribution in [3.05, 3.63) is 0 Å². The molecular weight excluding hydrogens is 468 g/mol. The number of hydrogen-bond donors (Lipinski definition) is 3. The number of urea groups is 1. The third kappa shape index (κ3) is 6.22. The van der Waals surface area contributed by atoms with Crippen LogP contribution in [0.3, 0.4) is 0 Å². The van der Waals surface area contributed by atoms with Crippen LogP contribution in [0.1, 0.15) is 25.7 Å². The second-order valence-corrected chi connectivity index (χ2v) is 5.53. The lowest BCUT2D eigenvalue weighted by molar-refractivity contribution is -0.137. The normalized spacial score (nSPS) is 26.9. The van der Waals surface area contributed by atoms with E-state index in [0.29, 0.717) is 5.25 Å². The third-order valence-electron chi connectivity index (χ3n) is 3.07. The van der Waals surface area contributed by atoms with Gasteiger partial charge < -0.3 is 15.7 Å². The molecule has 2 amide bonds. The number of carbonyl (C=O) groups is 2. The van der Waals surface area contributed by atoms with Gasteiger partial charge in [0.2, 0.25) is 0 Å². The zero-order chi connectivity index (χ0) is 11.5. The van der Waals surface area contributed by atoms with Gasteiger partial charge in [0, 0.05) is 17.4 Å². The number of rotatable bonds is 5. The summed E-state index contributed by atoms with van der Waals surface area (Å²) in [7, 11) is 0. The van der Waals surface area contributed by atoms with Crippen molar-refractivity contribution in [1.82, 2.24) is 10.6 Å². The molecule has 2 saturated heterocycles. The van der Waals surface area contributed by atoms with Gasteiger partial charge in [-0.3, -0.25) is 4.79 Å². The number of amides is 2. The largest absolute Gasteiger partial charge is 0.481 e. The predicted molar refractivity (Wildman–Crippen MR) is 92.6 cm³/mol. The molecule has 2 heterocycles. The van der Waals surface area contributed by atoms with Gasteiger partial charge in [-0.2, -0.15) is 11.8 Å². The first-order valence-electron chi connectivity index (χ1n) is 5.57. The van der Waals surface area contributed by atoms with Crippen LogP contribution in [-0.2, 0) is 4.79 Å². The van der Waals surface area contributed by atoms with Crippen LogP contribution in [0.2, 0.25) is 0 Å². The van der Waals surface area contributed by atoms with Crippen LogP contribution >= 0.6 is 62.7 Å². The Kier molecular flexibility index (Phi) is 11.8. The maximum Gasteiger partial charge on any atom is 0.315 e. The highest BCUT2D eigenvalue weighted by molar-refractivity contribution is 8.93. The average Bonchev–Trinajstić information content (AvgIpc) is 2.72. The Bertz CT molecular complexity index is 310. The second-order valence-electron chi connectivity index (χ2n) is 4.26. The molecule has 114 valence electrons. The number of halogens is 3. The first-order chi connectivity index (χ1) is 7.66. The molecule has 0 bridgehead atoms. The van der Waals surface area contributed by atoms with Crippen LogP contribution in [0, 0.1) is 0 Å². The van der Waals surface area contributed by atoms with Gasteiger partial charge in [0.25, 0.3) is 0 Å². The fourth-order valence-corrected chi connectivity index (χ4v) is 3.81. The van der Waals surface area contributed by atoms with Gasteiger partial charge in [0.05, 0.1) is 12.1 Å². The van der Waals surface area contributed by atoms with E-state index in [-0.39, 0.29) is 75.5 Å². The van der Waals surface area contributed by atoms with Crippen molar-refractivity contribution in [2.75, 3.05) is 5.75 Å². The first-order valence-corrected chi connectivity index (χ1v) is 6.62. The van der Waals surface area contributed by atoms with Crippen LogP contribution in [-0.4, -0.2) is 40.2 Å². The van der Waals surface area contributed by atoms with Crippen molar-refractivity contribution in [2.45, 2.75) is 43.0 Å². The van der Waals surface area contributed by atoms with Crippen LogP contribution in [0.5, 0.6) is 0 Å². The Morgan fingerprint density at radius 2 is 1.95 bits per heavy atom. The van der Waals surface area contributed by atoms with Gasteiger partial charge in [0.1, 0.15) is 0 Å². The number of carbonyl (C=O) groups excluding carboxylic acids is 1. The van der Waals surface area contributed by atoms with Gasteiger partial charge in [-0.25, -0.2) is 4.79 Å². The molecule has 5 nitrogen and oxygen atoms in total. The molecule has 0 aromatic rings. The minimum atomic E-state index is -0.729. The number of carboxylic acids is 1. The molecule has 2 fully saturated rings. The highest BCUT2D eigenvalue weighted by Crippen LogP contribution is 2.33. The molecule has 0 aliphatic carbocycles. The smallest absolute Gasteiger partial charge is 0.315 e. The molecule has 19 heavy (non-hydrogen) atoms. The third-order valence-corrected chi connectivity index (χ3v) is 4.58. The van der Waals surface area contributed by atoms with E-state index in [4.69, 9.17) is 5.11 Å². The van der Waals surface area contributed by atoms with Crippen LogP contribution < -0.4 is 10.6 Å². The number of unbranched alkanes of at least 4 members (excludes halogenated alkanes) is 1. The molecule has 0 radical (unpaired) electrons. The van der Waals surface area contributed by atoms with Crippen molar-refractivity contribution >= 4 is 74.7 Å². The highest BCUT2D eigenvalue weighted by atomic mass is 79.9. The van der Waals surface area contributed by atoms with Crippen molar-refractivity contribution in [1.29, 1.82) is 0 Å². The Morgan fingerprint density at radius 3 is 2.58 bits per heavy atom. The zero-order valence-electron chi connectivity index (χ0n) is 10.2. The lowest BCUT2D eigenvalue weighted by atomic mass is 10.0. The fraction of sp³-hybridized carbons (Fsp3) is 0.800. The molecule has 9 heteroatoms. The summed E-state index contributed by atoms with van der Waals surface area (Å²) in [5.41, 5.74) is 0. The van der Waals surface area contributed by atoms with E-state index < -0.39 is 5.97 Å². The first kappa shape index (κ1) is 21.8. The summed E-state index contributed by atoms with van der Waals surface area (Å²) < 4.78 is 0. The Labute approximate surface area is 148 Å². The average molecular weight is 487 g/mol. The molecule has 0 unspecified atom stereocenters. The van der Waals surface area contributed by atoms with E-state index >= 15 is 0 Å². The molecule has 2 aliphatic rings. The number of aliphatic carboxylic acids is 1. The van der Waals surface area contributed by atoms with Gasteiger partial charge >= 0.3 is 12.0 Å². The van der Waals surface area contributed by atoms with E-state index in [0.717, 1.165) is 25.0 Å². The number of hydrogen-bond acceptors (Lipinski definition) is 3. The number of thioether (sulfide) groups is 1. The predicted octanol–water partition coefficient (Wildman–Crippen LogP) is 2.53. The van der Waals surface area contributed by atoms with Crippen LogP contribution in [0.15, 0.2) is 0 Å². The molecular formula is C10H19Br3N2O3S. The van der Waals surface area contributed by atoms with Gasteiger partial charge in [-0.1, -0.05) is 6.42 Å². The van der Waals surface area contributed by atoms with Crippen molar-refractivity contribution in [3.63, 3.8) is 0 Å². The summed E-state index contributed by atoms with van der Waals surface area (Å²) in [5, 5.41) is 14.8. The minimum absolute atomic E-state index is 0. The van der Waals surface area contributed by atoms with Crippen LogP contribution in [0.25, 0.3) is 0 Å². The quantitative estimate of drug-likeness (QED) is 0.412. The lowest BCUT2D eigenvalue weighted by Crippen LogP contribution is -2.36. The summed E-state index contributed by atoms with van der Waals surface area (Å²) in [6, 6.07) is 0.440. The van der Waals surface area contributed by atoms with Gasteiger partial charge in [-0.05, 0) is 12.8 Å². The lowest BCUT2D eigenvalue weighted by Gasteiger charge is -2.16. The Hall–Kier alpha value is 0.530. The molecule has 2 rings (SSSR count). The molecule has 0 aromatic heterocycles. The van der Waals surface area contributed by atoms with Crippen molar-refractivity contribution < 1.29 is 14.7 Å². The summed E-state index contributed by atoms with van der Waals surface area (Å²) >= 11 is 1.87. The SMILES string of the molecule is Br.Br.Br.O=C(O)CCCC[C@@H]1SC[C@@H]2NC(=O)N[C@@H]21. The molecule has 2 aliphatic heterocycles. The molecule has 3 N–H and O–H groups in total. The molecule has 0 aromatic carbocycles. The van der Waals surface area contributed by atoms with E-state index in [2.05, 4.69) is 10.6 Å². The summed E-state index contributed by atoms with van der Waals surface area (Å²) in [6.07, 6.45) is 2.88. The molecule has 0 saturated carbocycles.